The van der Waals surface area contributed by atoms with Crippen molar-refractivity contribution >= 4 is 12.6 Å². The summed E-state index contributed by atoms with van der Waals surface area (Å²) in [6, 6.07) is 8.09. The van der Waals surface area contributed by atoms with Gasteiger partial charge in [0.2, 0.25) is 0 Å². The summed E-state index contributed by atoms with van der Waals surface area (Å²) in [6.07, 6.45) is 3.58. The molecule has 0 amide bonds. The number of aromatic nitrogens is 2. The first-order chi connectivity index (χ1) is 10.3. The lowest BCUT2D eigenvalue weighted by atomic mass is 9.81. The molecular weight excluding hydrogens is 275 g/mol. The zero-order chi connectivity index (χ0) is 16.0. The van der Waals surface area contributed by atoms with Crippen molar-refractivity contribution in [3.8, 4) is 11.4 Å². The summed E-state index contributed by atoms with van der Waals surface area (Å²) < 4.78 is 12.0. The topological polar surface area (TPSA) is 44.2 Å². The van der Waals surface area contributed by atoms with E-state index < -0.39 is 7.12 Å². The van der Waals surface area contributed by atoms with E-state index >= 15 is 0 Å². The van der Waals surface area contributed by atoms with Crippen molar-refractivity contribution in [2.75, 3.05) is 0 Å². The van der Waals surface area contributed by atoms with Crippen LogP contribution < -0.4 is 5.46 Å². The number of hydrogen-bond donors (Lipinski definition) is 0. The maximum atomic E-state index is 6.02. The van der Waals surface area contributed by atoms with E-state index in [0.717, 1.165) is 22.4 Å². The highest BCUT2D eigenvalue weighted by Crippen LogP contribution is 2.36. The van der Waals surface area contributed by atoms with Gasteiger partial charge in [-0.1, -0.05) is 24.3 Å². The number of benzene rings is 1. The van der Waals surface area contributed by atoms with E-state index in [0.29, 0.717) is 0 Å². The number of hydrogen-bond acceptors (Lipinski definition) is 4. The number of aryl methyl sites for hydroxylation is 1. The molecule has 2 heterocycles. The highest BCUT2D eigenvalue weighted by atomic mass is 16.7. The van der Waals surface area contributed by atoms with E-state index in [1.54, 1.807) is 12.4 Å². The van der Waals surface area contributed by atoms with Crippen molar-refractivity contribution in [2.24, 2.45) is 0 Å². The van der Waals surface area contributed by atoms with E-state index in [9.17, 15) is 0 Å². The summed E-state index contributed by atoms with van der Waals surface area (Å²) in [5, 5.41) is 0. The van der Waals surface area contributed by atoms with Gasteiger partial charge >= 0.3 is 7.12 Å². The third kappa shape index (κ3) is 2.55. The van der Waals surface area contributed by atoms with Crippen LogP contribution in [0, 0.1) is 6.92 Å². The minimum absolute atomic E-state index is 0.355. The zero-order valence-electron chi connectivity index (χ0n) is 13.8. The van der Waals surface area contributed by atoms with Gasteiger partial charge in [-0.15, -0.1) is 0 Å². The second-order valence-electron chi connectivity index (χ2n) is 6.74. The first kappa shape index (κ1) is 15.2. The van der Waals surface area contributed by atoms with Crippen molar-refractivity contribution in [3.63, 3.8) is 0 Å². The molecule has 0 unspecified atom stereocenters. The van der Waals surface area contributed by atoms with Crippen LogP contribution >= 0.6 is 0 Å². The van der Waals surface area contributed by atoms with Gasteiger partial charge in [0.15, 0.2) is 5.82 Å². The Bertz CT molecular complexity index is 667. The largest absolute Gasteiger partial charge is 0.498 e. The van der Waals surface area contributed by atoms with Gasteiger partial charge < -0.3 is 9.31 Å². The van der Waals surface area contributed by atoms with Crippen molar-refractivity contribution < 1.29 is 9.31 Å². The van der Waals surface area contributed by atoms with E-state index in [1.165, 1.54) is 0 Å². The summed E-state index contributed by atoms with van der Waals surface area (Å²) in [5.74, 6) is 0.721. The average molecular weight is 296 g/mol. The van der Waals surface area contributed by atoms with Crippen LogP contribution in [0.1, 0.15) is 33.3 Å². The summed E-state index contributed by atoms with van der Waals surface area (Å²) in [6.45, 7) is 10.2. The van der Waals surface area contributed by atoms with E-state index in [2.05, 4.69) is 23.0 Å². The highest BCUT2D eigenvalue weighted by Gasteiger charge is 2.51. The third-order valence-electron chi connectivity index (χ3n) is 4.58. The molecule has 3 rings (SSSR count). The molecule has 22 heavy (non-hydrogen) atoms. The Balaban J connectivity index is 1.86. The van der Waals surface area contributed by atoms with Gasteiger partial charge in [-0.05, 0) is 40.2 Å². The molecule has 0 bridgehead atoms. The van der Waals surface area contributed by atoms with Crippen molar-refractivity contribution in [1.29, 1.82) is 0 Å². The molecule has 1 aromatic carbocycles. The van der Waals surface area contributed by atoms with Crippen LogP contribution in [0.2, 0.25) is 0 Å². The molecule has 2 aromatic rings. The molecule has 1 aromatic heterocycles. The van der Waals surface area contributed by atoms with Gasteiger partial charge in [0.1, 0.15) is 0 Å². The quantitative estimate of drug-likeness (QED) is 0.799. The molecule has 0 N–H and O–H groups in total. The Morgan fingerprint density at radius 2 is 1.45 bits per heavy atom. The summed E-state index contributed by atoms with van der Waals surface area (Å²) in [5.41, 5.74) is 2.34. The predicted octanol–water partition coefficient (Wildman–Crippen LogP) is 2.75. The van der Waals surface area contributed by atoms with Gasteiger partial charge in [0, 0.05) is 23.4 Å². The second-order valence-corrected chi connectivity index (χ2v) is 6.74. The molecule has 114 valence electrons. The fraction of sp³-hybridized carbons (Fsp3) is 0.412. The van der Waals surface area contributed by atoms with Crippen LogP contribution in [-0.2, 0) is 9.31 Å². The van der Waals surface area contributed by atoms with Gasteiger partial charge in [0.05, 0.1) is 11.2 Å². The molecular formula is C17H21BN2O2. The summed E-state index contributed by atoms with van der Waals surface area (Å²) >= 11 is 0. The molecule has 1 fully saturated rings. The Hall–Kier alpha value is -1.72. The molecule has 1 saturated heterocycles. The normalized spacial score (nSPS) is 19.4. The molecule has 0 atom stereocenters. The molecule has 4 nitrogen and oxygen atoms in total. The minimum Gasteiger partial charge on any atom is -0.399 e. The fourth-order valence-electron chi connectivity index (χ4n) is 2.40. The van der Waals surface area contributed by atoms with Crippen LogP contribution in [0.15, 0.2) is 36.7 Å². The van der Waals surface area contributed by atoms with Crippen molar-refractivity contribution in [3.05, 3.63) is 42.2 Å². The third-order valence-corrected chi connectivity index (χ3v) is 4.58. The predicted molar refractivity (Wildman–Crippen MR) is 87.9 cm³/mol. The Morgan fingerprint density at radius 3 is 2.00 bits per heavy atom. The van der Waals surface area contributed by atoms with Crippen LogP contribution in [0.5, 0.6) is 0 Å². The molecule has 1 aliphatic rings. The summed E-state index contributed by atoms with van der Waals surface area (Å²) in [4.78, 5) is 8.96. The number of nitrogens with zero attached hydrogens (tertiary/aromatic N) is 2. The molecule has 5 heteroatoms. The lowest BCUT2D eigenvalue weighted by Gasteiger charge is -2.32. The maximum absolute atomic E-state index is 6.02. The van der Waals surface area contributed by atoms with E-state index in [-0.39, 0.29) is 11.2 Å². The van der Waals surface area contributed by atoms with Crippen molar-refractivity contribution in [2.45, 2.75) is 45.8 Å². The fourth-order valence-corrected chi connectivity index (χ4v) is 2.40. The minimum atomic E-state index is -0.420. The first-order valence-corrected chi connectivity index (χ1v) is 7.54. The monoisotopic (exact) mass is 296 g/mol. The van der Waals surface area contributed by atoms with Gasteiger partial charge in [-0.25, -0.2) is 9.97 Å². The van der Waals surface area contributed by atoms with Crippen LogP contribution in [0.4, 0.5) is 0 Å². The highest BCUT2D eigenvalue weighted by molar-refractivity contribution is 6.61. The summed E-state index contributed by atoms with van der Waals surface area (Å²) in [7, 11) is -0.420. The maximum Gasteiger partial charge on any atom is 0.498 e. The molecule has 0 aliphatic carbocycles. The smallest absolute Gasteiger partial charge is 0.399 e. The molecule has 0 saturated carbocycles. The van der Waals surface area contributed by atoms with Gasteiger partial charge in [-0.2, -0.15) is 0 Å². The second kappa shape index (κ2) is 5.18. The molecule has 0 spiro atoms. The number of rotatable bonds is 2. The van der Waals surface area contributed by atoms with Crippen LogP contribution in [-0.4, -0.2) is 28.3 Å². The average Bonchev–Trinajstić information content (AvgIpc) is 2.68. The van der Waals surface area contributed by atoms with Gasteiger partial charge in [-0.3, -0.25) is 0 Å². The lowest BCUT2D eigenvalue weighted by Crippen LogP contribution is -2.41. The first-order valence-electron chi connectivity index (χ1n) is 7.54. The SMILES string of the molecule is Cc1ccccc1-c1ncc(B2OC(C)(C)C(C)(C)O2)cn1. The standard InChI is InChI=1S/C17H21BN2O2/c1-12-8-6-7-9-14(12)15-19-10-13(11-20-15)18-21-16(2,3)17(4,5)22-18/h6-11H,1-5H3. The van der Waals surface area contributed by atoms with Crippen molar-refractivity contribution in [1.82, 2.24) is 9.97 Å². The van der Waals surface area contributed by atoms with E-state index in [1.807, 2.05) is 45.9 Å². The zero-order valence-corrected chi connectivity index (χ0v) is 13.8. The Morgan fingerprint density at radius 1 is 0.909 bits per heavy atom. The molecule has 1 aliphatic heterocycles. The Kier molecular flexibility index (Phi) is 3.58. The van der Waals surface area contributed by atoms with Crippen LogP contribution in [0.25, 0.3) is 11.4 Å². The Labute approximate surface area is 132 Å². The molecule has 0 radical (unpaired) electrons. The van der Waals surface area contributed by atoms with Crippen LogP contribution in [0.3, 0.4) is 0 Å². The van der Waals surface area contributed by atoms with E-state index in [4.69, 9.17) is 9.31 Å². The van der Waals surface area contributed by atoms with Gasteiger partial charge in [0.25, 0.3) is 0 Å². The lowest BCUT2D eigenvalue weighted by molar-refractivity contribution is 0.00578.